The molecule has 276 valence electrons. The van der Waals surface area contributed by atoms with Crippen LogP contribution in [0.3, 0.4) is 0 Å². The Morgan fingerprint density at radius 1 is 0.481 bits per heavy atom. The fourth-order valence-corrected chi connectivity index (χ4v) is 7.59. The molecule has 3 heterocycles. The van der Waals surface area contributed by atoms with Crippen molar-refractivity contribution in [2.45, 2.75) is 62.7 Å². The minimum atomic E-state index is -1.04. The van der Waals surface area contributed by atoms with E-state index in [4.69, 9.17) is 0 Å². The Bertz CT molecular complexity index is 1910. The molecule has 4 atom stereocenters. The maximum atomic E-state index is 14.4. The Morgan fingerprint density at radius 2 is 0.852 bits per heavy atom. The maximum Gasteiger partial charge on any atom is 0.254 e. The summed E-state index contributed by atoms with van der Waals surface area (Å²) in [7, 11) is 0. The van der Waals surface area contributed by atoms with Crippen LogP contribution in [-0.4, -0.2) is 82.5 Å². The molecule has 0 aromatic heterocycles. The second kappa shape index (κ2) is 16.2. The van der Waals surface area contributed by atoms with E-state index in [9.17, 15) is 28.8 Å². The molecule has 4 aromatic carbocycles. The number of carbonyl (C=O) groups excluding carboxylic acids is 6. The van der Waals surface area contributed by atoms with Gasteiger partial charge in [-0.15, -0.1) is 0 Å². The van der Waals surface area contributed by atoms with E-state index in [0.29, 0.717) is 38.8 Å². The molecule has 6 amide bonds. The van der Waals surface area contributed by atoms with Crippen molar-refractivity contribution in [2.75, 3.05) is 23.7 Å². The van der Waals surface area contributed by atoms with E-state index >= 15 is 0 Å². The number of amides is 6. The molecule has 0 saturated carbocycles. The highest BCUT2D eigenvalue weighted by atomic mass is 16.2. The average Bonchev–Trinajstić information content (AvgIpc) is 3.89. The Morgan fingerprint density at radius 3 is 1.26 bits per heavy atom. The largest absolute Gasteiger partial charge is 0.340 e. The molecule has 4 N–H and O–H groups in total. The zero-order chi connectivity index (χ0) is 37.6. The molecular weight excluding hydrogens is 684 g/mol. The lowest BCUT2D eigenvalue weighted by Crippen LogP contribution is -2.54. The minimum absolute atomic E-state index is 0.142. The zero-order valence-corrected chi connectivity index (χ0v) is 29.7. The normalized spacial score (nSPS) is 22.5. The standard InChI is InChI=1S/C42H42N6O6/c49-37-29-17-7-9-19-31(29)43-40(52)36-22-12-24-48(36)42(54)34(26-28-15-5-2-6-16-28)46-38(50)30-18-8-10-20-32(30)44-39(51)35-21-11-23-47(35)41(53)33(45-37)25-27-13-3-1-4-14-27/h1-10,13-20,33-36H,11-12,21-26H2,(H,43,52)(H,44,51)(H,45,49)(H,46,50). The van der Waals surface area contributed by atoms with E-state index in [1.54, 1.807) is 48.5 Å². The van der Waals surface area contributed by atoms with Crippen molar-refractivity contribution < 1.29 is 28.8 Å². The zero-order valence-electron chi connectivity index (χ0n) is 29.7. The molecule has 0 radical (unpaired) electrons. The molecule has 0 spiro atoms. The van der Waals surface area contributed by atoms with Gasteiger partial charge in [-0.1, -0.05) is 84.9 Å². The van der Waals surface area contributed by atoms with Gasteiger partial charge in [-0.3, -0.25) is 28.8 Å². The van der Waals surface area contributed by atoms with Gasteiger partial charge in [0.25, 0.3) is 11.8 Å². The summed E-state index contributed by atoms with van der Waals surface area (Å²) in [5, 5.41) is 11.6. The van der Waals surface area contributed by atoms with Crippen LogP contribution in [0.25, 0.3) is 0 Å². The van der Waals surface area contributed by atoms with Crippen molar-refractivity contribution in [1.82, 2.24) is 20.4 Å². The lowest BCUT2D eigenvalue weighted by atomic mass is 10.0. The van der Waals surface area contributed by atoms with E-state index in [-0.39, 0.29) is 35.3 Å². The van der Waals surface area contributed by atoms with Crippen LogP contribution >= 0.6 is 0 Å². The third kappa shape index (κ3) is 7.87. The van der Waals surface area contributed by atoms with Gasteiger partial charge in [-0.2, -0.15) is 0 Å². The monoisotopic (exact) mass is 726 g/mol. The first kappa shape index (κ1) is 36.1. The number of fused-ring (bicyclic) bond motifs is 4. The van der Waals surface area contributed by atoms with Crippen LogP contribution in [0.5, 0.6) is 0 Å². The van der Waals surface area contributed by atoms with Gasteiger partial charge in [0.1, 0.15) is 24.2 Å². The van der Waals surface area contributed by atoms with Gasteiger partial charge in [0, 0.05) is 25.9 Å². The summed E-state index contributed by atoms with van der Waals surface area (Å²) >= 11 is 0. The highest BCUT2D eigenvalue weighted by Gasteiger charge is 2.40. The summed E-state index contributed by atoms with van der Waals surface area (Å²) in [6.07, 6.45) is 2.23. The average molecular weight is 727 g/mol. The lowest BCUT2D eigenvalue weighted by Gasteiger charge is -2.30. The number of nitrogens with one attached hydrogen (secondary N) is 4. The van der Waals surface area contributed by atoms with Crippen molar-refractivity contribution in [1.29, 1.82) is 0 Å². The summed E-state index contributed by atoms with van der Waals surface area (Å²) in [5.74, 6) is -2.93. The number of rotatable bonds is 4. The Kier molecular flexibility index (Phi) is 10.8. The van der Waals surface area contributed by atoms with Gasteiger partial charge in [0.2, 0.25) is 23.6 Å². The highest BCUT2D eigenvalue weighted by Crippen LogP contribution is 2.26. The predicted octanol–water partition coefficient (Wildman–Crippen LogP) is 3.94. The number of carbonyl (C=O) groups is 6. The predicted molar refractivity (Wildman–Crippen MR) is 202 cm³/mol. The SMILES string of the molecule is O=C1NC(Cc2ccccc2)C(=O)N2CCCC2C(=O)Nc2ccccc2C(=O)NC(Cc2ccccc2)C(=O)N2CCCC2C(=O)Nc2ccccc21. The van der Waals surface area contributed by atoms with Gasteiger partial charge in [-0.05, 0) is 61.1 Å². The lowest BCUT2D eigenvalue weighted by molar-refractivity contribution is -0.138. The summed E-state index contributed by atoms with van der Waals surface area (Å²) < 4.78 is 0. The third-order valence-electron chi connectivity index (χ3n) is 10.3. The Labute approximate surface area is 313 Å². The quantitative estimate of drug-likeness (QED) is 0.250. The first-order valence-corrected chi connectivity index (χ1v) is 18.4. The van der Waals surface area contributed by atoms with Crippen LogP contribution in [0, 0.1) is 0 Å². The van der Waals surface area contributed by atoms with Crippen molar-refractivity contribution in [2.24, 2.45) is 0 Å². The van der Waals surface area contributed by atoms with Crippen molar-refractivity contribution in [3.05, 3.63) is 131 Å². The van der Waals surface area contributed by atoms with Crippen LogP contribution in [0.2, 0.25) is 0 Å². The summed E-state index contributed by atoms with van der Waals surface area (Å²) in [6.45, 7) is 0.599. The van der Waals surface area contributed by atoms with Gasteiger partial charge >= 0.3 is 0 Å². The molecule has 2 fully saturated rings. The molecular formula is C42H42N6O6. The van der Waals surface area contributed by atoms with Crippen molar-refractivity contribution >= 4 is 46.8 Å². The summed E-state index contributed by atoms with van der Waals surface area (Å²) in [6, 6.07) is 27.8. The van der Waals surface area contributed by atoms with Crippen LogP contribution in [0.4, 0.5) is 11.4 Å². The van der Waals surface area contributed by atoms with E-state index in [0.717, 1.165) is 11.1 Å². The second-order valence-electron chi connectivity index (χ2n) is 13.9. The molecule has 12 nitrogen and oxygen atoms in total. The van der Waals surface area contributed by atoms with Gasteiger partial charge in [-0.25, -0.2) is 0 Å². The van der Waals surface area contributed by atoms with E-state index in [1.807, 2.05) is 60.7 Å². The fourth-order valence-electron chi connectivity index (χ4n) is 7.59. The Hall–Kier alpha value is -6.30. The maximum absolute atomic E-state index is 14.4. The molecule has 3 aliphatic heterocycles. The fraction of sp³-hybridized carbons (Fsp3) is 0.286. The first-order chi connectivity index (χ1) is 26.3. The number of benzene rings is 4. The first-order valence-electron chi connectivity index (χ1n) is 18.4. The molecule has 54 heavy (non-hydrogen) atoms. The number of nitrogens with zero attached hydrogens (tertiary/aromatic N) is 2. The van der Waals surface area contributed by atoms with Crippen LogP contribution in [0.15, 0.2) is 109 Å². The van der Waals surface area contributed by atoms with Gasteiger partial charge < -0.3 is 31.1 Å². The van der Waals surface area contributed by atoms with Gasteiger partial charge in [0.15, 0.2) is 0 Å². The molecule has 4 aromatic rings. The molecule has 4 unspecified atom stereocenters. The molecule has 0 bridgehead atoms. The van der Waals surface area contributed by atoms with E-state index in [2.05, 4.69) is 21.3 Å². The number of hydrogen-bond acceptors (Lipinski definition) is 6. The molecule has 2 saturated heterocycles. The highest BCUT2D eigenvalue weighted by molar-refractivity contribution is 6.09. The van der Waals surface area contributed by atoms with E-state index < -0.39 is 59.6 Å². The molecule has 3 aliphatic rings. The smallest absolute Gasteiger partial charge is 0.254 e. The number of hydrogen-bond donors (Lipinski definition) is 4. The van der Waals surface area contributed by atoms with Crippen LogP contribution in [0.1, 0.15) is 57.5 Å². The van der Waals surface area contributed by atoms with Crippen LogP contribution in [-0.2, 0) is 32.0 Å². The van der Waals surface area contributed by atoms with E-state index in [1.165, 1.54) is 9.80 Å². The second-order valence-corrected chi connectivity index (χ2v) is 13.9. The summed E-state index contributed by atoms with van der Waals surface area (Å²) in [5.41, 5.74) is 2.35. The number of anilines is 2. The molecule has 7 rings (SSSR count). The molecule has 12 heteroatoms. The third-order valence-corrected chi connectivity index (χ3v) is 10.3. The minimum Gasteiger partial charge on any atom is -0.340 e. The van der Waals surface area contributed by atoms with Crippen LogP contribution < -0.4 is 21.3 Å². The number of para-hydroxylation sites is 2. The molecule has 0 aliphatic carbocycles. The van der Waals surface area contributed by atoms with Gasteiger partial charge in [0.05, 0.1) is 22.5 Å². The topological polar surface area (TPSA) is 157 Å². The summed E-state index contributed by atoms with van der Waals surface area (Å²) in [4.78, 5) is 87.7. The Balaban J connectivity index is 1.28. The van der Waals surface area contributed by atoms with Crippen molar-refractivity contribution in [3.8, 4) is 0 Å². The van der Waals surface area contributed by atoms with Crippen molar-refractivity contribution in [3.63, 3.8) is 0 Å².